The summed E-state index contributed by atoms with van der Waals surface area (Å²) in [5.74, 6) is 2.30. The predicted octanol–water partition coefficient (Wildman–Crippen LogP) is 0.864. The second-order valence-electron chi connectivity index (χ2n) is 6.57. The first-order valence-corrected chi connectivity index (χ1v) is 7.93. The average Bonchev–Trinajstić information content (AvgIpc) is 2.99. The van der Waals surface area contributed by atoms with Crippen LogP contribution in [0.1, 0.15) is 18.7 Å². The normalized spacial score (nSPS) is 21.9. The van der Waals surface area contributed by atoms with Gasteiger partial charge in [-0.2, -0.15) is 5.10 Å². The molecule has 23 heavy (non-hydrogen) atoms. The minimum absolute atomic E-state index is 0.584. The zero-order valence-electron chi connectivity index (χ0n) is 14.0. The van der Waals surface area contributed by atoms with E-state index in [-0.39, 0.29) is 0 Å². The van der Waals surface area contributed by atoms with Crippen LogP contribution < -0.4 is 4.90 Å². The summed E-state index contributed by atoms with van der Waals surface area (Å²) in [4.78, 5) is 13.2. The Kier molecular flexibility index (Phi) is 4.32. The van der Waals surface area contributed by atoms with Gasteiger partial charge in [-0.15, -0.1) is 0 Å². The van der Waals surface area contributed by atoms with Crippen molar-refractivity contribution in [2.75, 3.05) is 38.6 Å². The van der Waals surface area contributed by atoms with E-state index in [2.05, 4.69) is 20.0 Å². The summed E-state index contributed by atoms with van der Waals surface area (Å²) >= 11 is 0. The Hall–Kier alpha value is -1.99. The van der Waals surface area contributed by atoms with E-state index in [0.29, 0.717) is 18.9 Å². The number of aliphatic hydroxyl groups is 1. The molecule has 1 saturated heterocycles. The molecule has 0 radical (unpaired) electrons. The molecule has 3 rings (SSSR count). The van der Waals surface area contributed by atoms with Crippen molar-refractivity contribution >= 4 is 5.82 Å². The Morgan fingerprint density at radius 2 is 2.09 bits per heavy atom. The van der Waals surface area contributed by atoms with E-state index in [1.54, 1.807) is 10.9 Å². The van der Waals surface area contributed by atoms with E-state index in [0.717, 1.165) is 31.0 Å². The number of piperidine rings is 1. The maximum atomic E-state index is 10.9. The van der Waals surface area contributed by atoms with Crippen LogP contribution in [0.25, 0.3) is 5.82 Å². The SMILES string of the molecule is Cc1nc(N2CCC[C@@](O)(CN(C)C)C2)cc(-n2cccn2)n1. The molecule has 0 amide bonds. The molecule has 1 atom stereocenters. The summed E-state index contributed by atoms with van der Waals surface area (Å²) in [6.45, 7) is 4.01. The Morgan fingerprint density at radius 3 is 2.78 bits per heavy atom. The lowest BCUT2D eigenvalue weighted by molar-refractivity contribution is 0.00351. The maximum absolute atomic E-state index is 10.9. The van der Waals surface area contributed by atoms with Crippen LogP contribution >= 0.6 is 0 Å². The van der Waals surface area contributed by atoms with Gasteiger partial charge in [-0.25, -0.2) is 14.6 Å². The fourth-order valence-corrected chi connectivity index (χ4v) is 3.25. The van der Waals surface area contributed by atoms with Crippen LogP contribution in [0.15, 0.2) is 24.5 Å². The van der Waals surface area contributed by atoms with E-state index >= 15 is 0 Å². The van der Waals surface area contributed by atoms with Crippen molar-refractivity contribution in [3.8, 4) is 5.82 Å². The summed E-state index contributed by atoms with van der Waals surface area (Å²) in [6, 6.07) is 3.80. The van der Waals surface area contributed by atoms with Gasteiger partial charge in [0, 0.05) is 38.1 Å². The Labute approximate surface area is 136 Å². The molecule has 7 heteroatoms. The van der Waals surface area contributed by atoms with Gasteiger partial charge in [0.2, 0.25) is 0 Å². The number of β-amino-alcohol motifs (C(OH)–C–C–N with tert-alkyl or cyclic N) is 1. The van der Waals surface area contributed by atoms with Crippen LogP contribution in [-0.4, -0.2) is 69.1 Å². The number of nitrogens with zero attached hydrogens (tertiary/aromatic N) is 6. The molecule has 1 aliphatic rings. The molecule has 124 valence electrons. The zero-order valence-corrected chi connectivity index (χ0v) is 14.0. The molecule has 0 spiro atoms. The molecule has 1 aliphatic heterocycles. The highest BCUT2D eigenvalue weighted by Crippen LogP contribution is 2.26. The van der Waals surface area contributed by atoms with Crippen molar-refractivity contribution in [2.45, 2.75) is 25.4 Å². The number of hydrogen-bond donors (Lipinski definition) is 1. The van der Waals surface area contributed by atoms with Crippen LogP contribution in [0.2, 0.25) is 0 Å². The summed E-state index contributed by atoms with van der Waals surface area (Å²) in [5.41, 5.74) is -0.702. The lowest BCUT2D eigenvalue weighted by Gasteiger charge is -2.41. The van der Waals surface area contributed by atoms with Crippen LogP contribution in [0, 0.1) is 6.92 Å². The average molecular weight is 316 g/mol. The molecule has 1 N–H and O–H groups in total. The highest BCUT2D eigenvalue weighted by molar-refractivity contribution is 5.45. The van der Waals surface area contributed by atoms with E-state index in [4.69, 9.17) is 0 Å². The molecule has 0 saturated carbocycles. The van der Waals surface area contributed by atoms with Crippen molar-refractivity contribution in [3.63, 3.8) is 0 Å². The van der Waals surface area contributed by atoms with Crippen molar-refractivity contribution in [2.24, 2.45) is 0 Å². The number of hydrogen-bond acceptors (Lipinski definition) is 6. The fraction of sp³-hybridized carbons (Fsp3) is 0.562. The fourth-order valence-electron chi connectivity index (χ4n) is 3.25. The highest BCUT2D eigenvalue weighted by Gasteiger charge is 2.34. The molecule has 7 nitrogen and oxygen atoms in total. The lowest BCUT2D eigenvalue weighted by atomic mass is 9.92. The van der Waals surface area contributed by atoms with E-state index in [1.807, 2.05) is 44.2 Å². The van der Waals surface area contributed by atoms with Gasteiger partial charge in [0.15, 0.2) is 5.82 Å². The number of likely N-dealkylation sites (N-methyl/N-ethyl adjacent to an activating group) is 1. The monoisotopic (exact) mass is 316 g/mol. The van der Waals surface area contributed by atoms with Crippen LogP contribution in [-0.2, 0) is 0 Å². The van der Waals surface area contributed by atoms with Gasteiger partial charge < -0.3 is 14.9 Å². The summed E-state index contributed by atoms with van der Waals surface area (Å²) < 4.78 is 1.73. The molecule has 2 aromatic rings. The van der Waals surface area contributed by atoms with E-state index in [1.165, 1.54) is 0 Å². The van der Waals surface area contributed by atoms with Crippen molar-refractivity contribution in [1.82, 2.24) is 24.6 Å². The van der Waals surface area contributed by atoms with Gasteiger partial charge in [-0.3, -0.25) is 0 Å². The largest absolute Gasteiger partial charge is 0.387 e. The van der Waals surface area contributed by atoms with Crippen LogP contribution in [0.4, 0.5) is 5.82 Å². The van der Waals surface area contributed by atoms with Gasteiger partial charge in [0.25, 0.3) is 0 Å². The van der Waals surface area contributed by atoms with Crippen molar-refractivity contribution in [1.29, 1.82) is 0 Å². The van der Waals surface area contributed by atoms with Gasteiger partial charge in [0.05, 0.1) is 5.60 Å². The number of aromatic nitrogens is 4. The number of aryl methyl sites for hydroxylation is 1. The van der Waals surface area contributed by atoms with E-state index < -0.39 is 5.60 Å². The van der Waals surface area contributed by atoms with Gasteiger partial charge in [0.1, 0.15) is 11.6 Å². The molecule has 3 heterocycles. The summed E-state index contributed by atoms with van der Waals surface area (Å²) in [6.07, 6.45) is 5.36. The molecule has 2 aromatic heterocycles. The predicted molar refractivity (Wildman–Crippen MR) is 88.8 cm³/mol. The molecule has 1 fully saturated rings. The maximum Gasteiger partial charge on any atom is 0.159 e. The smallest absolute Gasteiger partial charge is 0.159 e. The number of rotatable bonds is 4. The van der Waals surface area contributed by atoms with Crippen molar-refractivity contribution in [3.05, 3.63) is 30.4 Å². The zero-order chi connectivity index (χ0) is 16.4. The Morgan fingerprint density at radius 1 is 1.30 bits per heavy atom. The third-order valence-corrected chi connectivity index (χ3v) is 4.04. The minimum atomic E-state index is -0.702. The first kappa shape index (κ1) is 15.9. The molecule has 0 aliphatic carbocycles. The minimum Gasteiger partial charge on any atom is -0.387 e. The van der Waals surface area contributed by atoms with E-state index in [9.17, 15) is 5.11 Å². The third kappa shape index (κ3) is 3.68. The third-order valence-electron chi connectivity index (χ3n) is 4.04. The van der Waals surface area contributed by atoms with Crippen LogP contribution in [0.5, 0.6) is 0 Å². The Balaban J connectivity index is 1.86. The molecule has 0 bridgehead atoms. The molecule has 0 aromatic carbocycles. The first-order valence-electron chi connectivity index (χ1n) is 7.93. The second kappa shape index (κ2) is 6.25. The standard InChI is InChI=1S/C16H24N6O/c1-13-18-14(10-15(19-13)22-9-5-7-17-22)21-8-4-6-16(23,12-21)11-20(2)3/h5,7,9-10,23H,4,6,8,11-12H2,1-3H3/t16-/m1/s1. The summed E-state index contributed by atoms with van der Waals surface area (Å²) in [7, 11) is 3.98. The first-order chi connectivity index (χ1) is 11.0. The molecular weight excluding hydrogens is 292 g/mol. The van der Waals surface area contributed by atoms with Crippen LogP contribution in [0.3, 0.4) is 0 Å². The number of anilines is 1. The highest BCUT2D eigenvalue weighted by atomic mass is 16.3. The molecular formula is C16H24N6O. The second-order valence-corrected chi connectivity index (χ2v) is 6.57. The topological polar surface area (TPSA) is 70.3 Å². The quantitative estimate of drug-likeness (QED) is 0.902. The summed E-state index contributed by atoms with van der Waals surface area (Å²) in [5, 5.41) is 15.1. The Bertz CT molecular complexity index is 657. The van der Waals surface area contributed by atoms with Crippen molar-refractivity contribution < 1.29 is 5.11 Å². The lowest BCUT2D eigenvalue weighted by Crippen LogP contribution is -2.53. The van der Waals surface area contributed by atoms with Gasteiger partial charge in [-0.05, 0) is 39.9 Å². The van der Waals surface area contributed by atoms with Gasteiger partial charge in [-0.1, -0.05) is 0 Å². The molecule has 0 unspecified atom stereocenters. The van der Waals surface area contributed by atoms with Gasteiger partial charge >= 0.3 is 0 Å².